The first kappa shape index (κ1) is 15.5. The van der Waals surface area contributed by atoms with E-state index in [1.165, 1.54) is 24.0 Å². The van der Waals surface area contributed by atoms with Crippen molar-refractivity contribution < 1.29 is 0 Å². The highest BCUT2D eigenvalue weighted by atomic mass is 15.1. The van der Waals surface area contributed by atoms with Crippen molar-refractivity contribution in [2.24, 2.45) is 5.92 Å². The van der Waals surface area contributed by atoms with Crippen molar-refractivity contribution in [3.05, 3.63) is 42.5 Å². The zero-order valence-electron chi connectivity index (χ0n) is 14.1. The summed E-state index contributed by atoms with van der Waals surface area (Å²) in [5.41, 5.74) is 5.85. The fourth-order valence-corrected chi connectivity index (χ4v) is 3.15. The van der Waals surface area contributed by atoms with E-state index in [2.05, 4.69) is 39.2 Å². The third-order valence-electron chi connectivity index (χ3n) is 4.33. The average molecular weight is 308 g/mol. The minimum atomic E-state index is 0.764. The van der Waals surface area contributed by atoms with E-state index in [-0.39, 0.29) is 0 Å². The molecule has 0 saturated carbocycles. The van der Waals surface area contributed by atoms with Crippen LogP contribution in [0.5, 0.6) is 0 Å². The number of nitrogens with one attached hydrogen (secondary N) is 2. The van der Waals surface area contributed by atoms with Crippen LogP contribution in [0.25, 0.3) is 27.7 Å². The van der Waals surface area contributed by atoms with Crippen LogP contribution in [0.3, 0.4) is 0 Å². The van der Waals surface area contributed by atoms with E-state index in [9.17, 15) is 0 Å². The molecule has 3 aromatic heterocycles. The number of rotatable bonds is 2. The maximum absolute atomic E-state index is 4.58. The lowest BCUT2D eigenvalue weighted by Crippen LogP contribution is -2.02. The highest BCUT2D eigenvalue weighted by Gasteiger charge is 2.15. The van der Waals surface area contributed by atoms with Gasteiger partial charge in [-0.2, -0.15) is 5.10 Å². The molecule has 3 aromatic rings. The van der Waals surface area contributed by atoms with Crippen LogP contribution >= 0.6 is 0 Å². The minimum absolute atomic E-state index is 0.764. The van der Waals surface area contributed by atoms with Gasteiger partial charge in [-0.15, -0.1) is 0 Å². The quantitative estimate of drug-likeness (QED) is 0.685. The Labute approximate surface area is 137 Å². The van der Waals surface area contributed by atoms with Crippen LogP contribution in [-0.4, -0.2) is 20.2 Å². The first-order chi connectivity index (χ1) is 11.3. The Balaban J connectivity index is 0.000000753. The average Bonchev–Trinajstić information content (AvgIpc) is 3.25. The van der Waals surface area contributed by atoms with Crippen molar-refractivity contribution in [1.29, 1.82) is 0 Å². The van der Waals surface area contributed by atoms with Crippen LogP contribution in [0.2, 0.25) is 0 Å². The van der Waals surface area contributed by atoms with Gasteiger partial charge < -0.3 is 4.98 Å². The second kappa shape index (κ2) is 6.82. The number of H-pyrrole nitrogens is 2. The van der Waals surface area contributed by atoms with Gasteiger partial charge >= 0.3 is 0 Å². The molecule has 0 saturated heterocycles. The minimum Gasteiger partial charge on any atom is -0.346 e. The van der Waals surface area contributed by atoms with E-state index in [4.69, 9.17) is 0 Å². The molecule has 0 aromatic carbocycles. The van der Waals surface area contributed by atoms with E-state index in [0.717, 1.165) is 34.5 Å². The molecule has 120 valence electrons. The Kier molecular flexibility index (Phi) is 4.60. The molecule has 1 atom stereocenters. The van der Waals surface area contributed by atoms with Crippen LogP contribution < -0.4 is 0 Å². The Morgan fingerprint density at radius 1 is 1.13 bits per heavy atom. The molecule has 2 N–H and O–H groups in total. The Hall–Kier alpha value is -2.36. The molecule has 0 bridgehead atoms. The first-order valence-electron chi connectivity index (χ1n) is 8.47. The molecule has 0 aliphatic heterocycles. The van der Waals surface area contributed by atoms with Gasteiger partial charge in [0.05, 0.1) is 6.20 Å². The molecule has 1 aliphatic rings. The van der Waals surface area contributed by atoms with Crippen LogP contribution in [-0.2, 0) is 0 Å². The normalized spacial score (nSPS) is 17.5. The summed E-state index contributed by atoms with van der Waals surface area (Å²) in [6.07, 6.45) is 13.7. The summed E-state index contributed by atoms with van der Waals surface area (Å²) in [4.78, 5) is 7.83. The van der Waals surface area contributed by atoms with Gasteiger partial charge in [-0.25, -0.2) is 4.98 Å². The largest absolute Gasteiger partial charge is 0.346 e. The molecule has 4 nitrogen and oxygen atoms in total. The zero-order valence-corrected chi connectivity index (χ0v) is 14.1. The lowest BCUT2D eigenvalue weighted by Gasteiger charge is -2.19. The van der Waals surface area contributed by atoms with Gasteiger partial charge in [-0.05, 0) is 42.4 Å². The highest BCUT2D eigenvalue weighted by molar-refractivity contribution is 5.94. The third-order valence-corrected chi connectivity index (χ3v) is 4.33. The van der Waals surface area contributed by atoms with Crippen molar-refractivity contribution in [3.8, 4) is 11.1 Å². The molecule has 0 amide bonds. The highest BCUT2D eigenvalue weighted by Crippen LogP contribution is 2.33. The van der Waals surface area contributed by atoms with Crippen molar-refractivity contribution >= 4 is 16.6 Å². The van der Waals surface area contributed by atoms with E-state index in [1.54, 1.807) is 0 Å². The summed E-state index contributed by atoms with van der Waals surface area (Å²) in [6, 6.07) is 2.26. The molecule has 4 heteroatoms. The predicted molar refractivity (Wildman–Crippen MR) is 96.0 cm³/mol. The monoisotopic (exact) mass is 308 g/mol. The molecule has 0 spiro atoms. The number of hydrogen-bond acceptors (Lipinski definition) is 2. The van der Waals surface area contributed by atoms with Crippen molar-refractivity contribution in [3.63, 3.8) is 0 Å². The number of hydrogen-bond donors (Lipinski definition) is 2. The number of aromatic nitrogens is 4. The summed E-state index contributed by atoms with van der Waals surface area (Å²) >= 11 is 0. The summed E-state index contributed by atoms with van der Waals surface area (Å²) in [7, 11) is 0. The second-order valence-electron chi connectivity index (χ2n) is 5.93. The summed E-state index contributed by atoms with van der Waals surface area (Å²) < 4.78 is 0. The van der Waals surface area contributed by atoms with E-state index >= 15 is 0 Å². The van der Waals surface area contributed by atoms with Crippen molar-refractivity contribution in [2.45, 2.75) is 40.0 Å². The predicted octanol–water partition coefficient (Wildman–Crippen LogP) is 5.18. The molecule has 0 fully saturated rings. The number of aromatic amines is 2. The number of pyridine rings is 1. The molecular formula is C19H24N4. The second-order valence-corrected chi connectivity index (χ2v) is 5.93. The van der Waals surface area contributed by atoms with Crippen molar-refractivity contribution in [1.82, 2.24) is 20.2 Å². The van der Waals surface area contributed by atoms with E-state index < -0.39 is 0 Å². The van der Waals surface area contributed by atoms with Crippen LogP contribution in [0, 0.1) is 5.92 Å². The van der Waals surface area contributed by atoms with Crippen LogP contribution in [0.15, 0.2) is 36.9 Å². The van der Waals surface area contributed by atoms with Gasteiger partial charge in [0.1, 0.15) is 5.65 Å². The van der Waals surface area contributed by atoms with Gasteiger partial charge in [-0.1, -0.05) is 26.8 Å². The Morgan fingerprint density at radius 3 is 2.74 bits per heavy atom. The lowest BCUT2D eigenvalue weighted by molar-refractivity contribution is 0.536. The van der Waals surface area contributed by atoms with Gasteiger partial charge in [0.2, 0.25) is 0 Å². The third kappa shape index (κ3) is 3.07. The zero-order chi connectivity index (χ0) is 16.2. The van der Waals surface area contributed by atoms with Gasteiger partial charge in [0, 0.05) is 35.1 Å². The maximum Gasteiger partial charge on any atom is 0.137 e. The first-order valence-corrected chi connectivity index (χ1v) is 8.47. The van der Waals surface area contributed by atoms with Gasteiger partial charge in [0.15, 0.2) is 0 Å². The van der Waals surface area contributed by atoms with Crippen molar-refractivity contribution in [2.75, 3.05) is 0 Å². The lowest BCUT2D eigenvalue weighted by atomic mass is 9.87. The van der Waals surface area contributed by atoms with Gasteiger partial charge in [0.25, 0.3) is 0 Å². The van der Waals surface area contributed by atoms with Crippen LogP contribution in [0.4, 0.5) is 0 Å². The maximum atomic E-state index is 4.58. The van der Waals surface area contributed by atoms with Crippen LogP contribution in [0.1, 0.15) is 45.6 Å². The standard InChI is InChI=1S/C17H18N4.C2H6/c1-11-3-2-4-12(5-11)13-6-15-16(14-8-20-21-9-14)10-19-17(15)18-7-13;1-2/h4,6-11H,2-3,5H2,1H3,(H,18,19)(H,20,21);1-2H3. The summed E-state index contributed by atoms with van der Waals surface area (Å²) in [6.45, 7) is 6.33. The molecule has 3 heterocycles. The van der Waals surface area contributed by atoms with Gasteiger partial charge in [-0.3, -0.25) is 5.10 Å². The molecule has 1 unspecified atom stereocenters. The number of fused-ring (bicyclic) bond motifs is 1. The van der Waals surface area contributed by atoms with E-state index in [1.807, 2.05) is 38.6 Å². The molecule has 0 radical (unpaired) electrons. The molecular weight excluding hydrogens is 284 g/mol. The SMILES string of the molecule is CC.CC1CCC=C(c2cnc3[nH]cc(-c4cn[nH]c4)c3c2)C1. The molecule has 23 heavy (non-hydrogen) atoms. The number of nitrogens with zero attached hydrogens (tertiary/aromatic N) is 2. The number of allylic oxidation sites excluding steroid dienone is 2. The fraction of sp³-hybridized carbons (Fsp3) is 0.368. The fourth-order valence-electron chi connectivity index (χ4n) is 3.15. The smallest absolute Gasteiger partial charge is 0.137 e. The molecule has 1 aliphatic carbocycles. The summed E-state index contributed by atoms with van der Waals surface area (Å²) in [5, 5.41) is 8.07. The topological polar surface area (TPSA) is 57.4 Å². The molecule has 4 rings (SSSR count). The summed E-state index contributed by atoms with van der Waals surface area (Å²) in [5.74, 6) is 0.764. The Morgan fingerprint density at radius 2 is 2.00 bits per heavy atom. The van der Waals surface area contributed by atoms with E-state index in [0.29, 0.717) is 0 Å². The Bertz CT molecular complexity index is 796.